The normalized spacial score (nSPS) is 10.4. The third-order valence-corrected chi connectivity index (χ3v) is 3.17. The zero-order valence-corrected chi connectivity index (χ0v) is 12.8. The summed E-state index contributed by atoms with van der Waals surface area (Å²) < 4.78 is 0. The maximum Gasteiger partial charge on any atom is 0.176 e. The van der Waals surface area contributed by atoms with Crippen LogP contribution in [0.3, 0.4) is 0 Å². The number of thiocarbonyl (C=S) groups is 1. The number of pyridine rings is 1. The summed E-state index contributed by atoms with van der Waals surface area (Å²) in [5, 5.41) is 6.78. The molecule has 0 saturated heterocycles. The third kappa shape index (κ3) is 4.03. The van der Waals surface area contributed by atoms with Gasteiger partial charge in [0.1, 0.15) is 5.82 Å². The summed E-state index contributed by atoms with van der Waals surface area (Å²) in [5.41, 5.74) is 3.24. The summed E-state index contributed by atoms with van der Waals surface area (Å²) in [6.07, 6.45) is 0. The van der Waals surface area contributed by atoms with Crippen LogP contribution in [0.4, 0.5) is 11.5 Å². The van der Waals surface area contributed by atoms with Gasteiger partial charge in [-0.15, -0.1) is 0 Å². The molecule has 104 valence electrons. The Morgan fingerprint density at radius 3 is 2.35 bits per heavy atom. The summed E-state index contributed by atoms with van der Waals surface area (Å²) in [7, 11) is 0. The first-order valence-corrected chi connectivity index (χ1v) is 7.07. The number of anilines is 2. The van der Waals surface area contributed by atoms with Gasteiger partial charge in [0.2, 0.25) is 0 Å². The Labute approximate surface area is 125 Å². The Morgan fingerprint density at radius 1 is 1.05 bits per heavy atom. The van der Waals surface area contributed by atoms with Crippen LogP contribution in [0.1, 0.15) is 31.0 Å². The zero-order valence-electron chi connectivity index (χ0n) is 12.0. The first kappa shape index (κ1) is 14.5. The standard InChI is InChI=1S/C16H19N3S/c1-11(2)13-7-9-14(10-8-13)18-16(20)19-15-6-4-5-12(3)17-15/h4-11H,1-3H3,(H2,17,18,19,20). The second-order valence-electron chi connectivity index (χ2n) is 5.02. The highest BCUT2D eigenvalue weighted by molar-refractivity contribution is 7.80. The molecule has 0 atom stereocenters. The number of rotatable bonds is 3. The lowest BCUT2D eigenvalue weighted by Gasteiger charge is -2.11. The fraction of sp³-hybridized carbons (Fsp3) is 0.250. The van der Waals surface area contributed by atoms with Crippen molar-refractivity contribution in [2.24, 2.45) is 0 Å². The zero-order chi connectivity index (χ0) is 14.5. The average Bonchev–Trinajstić information content (AvgIpc) is 2.39. The molecule has 0 radical (unpaired) electrons. The van der Waals surface area contributed by atoms with Crippen molar-refractivity contribution in [1.29, 1.82) is 0 Å². The van der Waals surface area contributed by atoms with Gasteiger partial charge in [0, 0.05) is 11.4 Å². The van der Waals surface area contributed by atoms with Crippen molar-refractivity contribution in [3.8, 4) is 0 Å². The Hall–Kier alpha value is -1.94. The van der Waals surface area contributed by atoms with Crippen LogP contribution in [0.15, 0.2) is 42.5 Å². The van der Waals surface area contributed by atoms with Gasteiger partial charge in [-0.3, -0.25) is 0 Å². The first-order valence-electron chi connectivity index (χ1n) is 6.66. The lowest BCUT2D eigenvalue weighted by Crippen LogP contribution is -2.19. The molecule has 0 aliphatic carbocycles. The van der Waals surface area contributed by atoms with E-state index in [1.54, 1.807) is 0 Å². The minimum atomic E-state index is 0.533. The second-order valence-corrected chi connectivity index (χ2v) is 5.43. The van der Waals surface area contributed by atoms with E-state index in [-0.39, 0.29) is 0 Å². The summed E-state index contributed by atoms with van der Waals surface area (Å²) >= 11 is 5.28. The molecule has 20 heavy (non-hydrogen) atoms. The molecule has 3 nitrogen and oxygen atoms in total. The van der Waals surface area contributed by atoms with E-state index in [1.165, 1.54) is 5.56 Å². The minimum absolute atomic E-state index is 0.533. The van der Waals surface area contributed by atoms with E-state index in [0.717, 1.165) is 17.2 Å². The molecule has 0 bridgehead atoms. The predicted octanol–water partition coefficient (Wildman–Crippen LogP) is 4.32. The molecule has 0 aliphatic heterocycles. The number of hydrogen-bond donors (Lipinski definition) is 2. The summed E-state index contributed by atoms with van der Waals surface area (Å²) in [5.74, 6) is 1.28. The van der Waals surface area contributed by atoms with Crippen molar-refractivity contribution in [2.45, 2.75) is 26.7 Å². The van der Waals surface area contributed by atoms with Crippen molar-refractivity contribution >= 4 is 28.8 Å². The van der Waals surface area contributed by atoms with Gasteiger partial charge < -0.3 is 10.6 Å². The van der Waals surface area contributed by atoms with Gasteiger partial charge >= 0.3 is 0 Å². The van der Waals surface area contributed by atoms with Crippen LogP contribution in [0.2, 0.25) is 0 Å². The first-order chi connectivity index (χ1) is 9.54. The molecule has 0 aliphatic rings. The van der Waals surface area contributed by atoms with E-state index >= 15 is 0 Å². The van der Waals surface area contributed by atoms with Crippen molar-refractivity contribution in [3.05, 3.63) is 53.7 Å². The number of aromatic nitrogens is 1. The number of nitrogens with zero attached hydrogens (tertiary/aromatic N) is 1. The van der Waals surface area contributed by atoms with Gasteiger partial charge in [-0.2, -0.15) is 0 Å². The van der Waals surface area contributed by atoms with Gasteiger partial charge in [-0.05, 0) is 54.9 Å². The molecule has 0 unspecified atom stereocenters. The molecule has 2 rings (SSSR count). The molecule has 4 heteroatoms. The van der Waals surface area contributed by atoms with Crippen LogP contribution in [0, 0.1) is 6.92 Å². The SMILES string of the molecule is Cc1cccc(NC(=S)Nc2ccc(C(C)C)cc2)n1. The van der Waals surface area contributed by atoms with Gasteiger partial charge in [0.05, 0.1) is 0 Å². The van der Waals surface area contributed by atoms with E-state index in [4.69, 9.17) is 12.2 Å². The average molecular weight is 285 g/mol. The van der Waals surface area contributed by atoms with Crippen LogP contribution in [0.5, 0.6) is 0 Å². The Morgan fingerprint density at radius 2 is 1.75 bits per heavy atom. The van der Waals surface area contributed by atoms with Crippen LogP contribution >= 0.6 is 12.2 Å². The molecular weight excluding hydrogens is 266 g/mol. The van der Waals surface area contributed by atoms with Crippen molar-refractivity contribution in [1.82, 2.24) is 4.98 Å². The Bertz CT molecular complexity index is 591. The molecule has 1 aromatic carbocycles. The molecule has 1 heterocycles. The van der Waals surface area contributed by atoms with Crippen LogP contribution < -0.4 is 10.6 Å². The van der Waals surface area contributed by atoms with Gasteiger partial charge in [0.25, 0.3) is 0 Å². The van der Waals surface area contributed by atoms with E-state index in [2.05, 4.69) is 41.6 Å². The largest absolute Gasteiger partial charge is 0.332 e. The summed E-state index contributed by atoms with van der Waals surface area (Å²) in [6, 6.07) is 14.1. The Kier molecular flexibility index (Phi) is 4.69. The van der Waals surface area contributed by atoms with Crippen molar-refractivity contribution in [3.63, 3.8) is 0 Å². The highest BCUT2D eigenvalue weighted by atomic mass is 32.1. The van der Waals surface area contributed by atoms with E-state index in [1.807, 2.05) is 37.3 Å². The lowest BCUT2D eigenvalue weighted by molar-refractivity contribution is 0.867. The lowest BCUT2D eigenvalue weighted by atomic mass is 10.0. The quantitative estimate of drug-likeness (QED) is 0.823. The second kappa shape index (κ2) is 6.48. The van der Waals surface area contributed by atoms with Crippen molar-refractivity contribution < 1.29 is 0 Å². The molecule has 0 fully saturated rings. The minimum Gasteiger partial charge on any atom is -0.332 e. The molecule has 0 spiro atoms. The van der Waals surface area contributed by atoms with Gasteiger partial charge in [-0.25, -0.2) is 4.98 Å². The highest BCUT2D eigenvalue weighted by Crippen LogP contribution is 2.17. The molecule has 0 saturated carbocycles. The number of benzene rings is 1. The fourth-order valence-electron chi connectivity index (χ4n) is 1.84. The molecular formula is C16H19N3S. The van der Waals surface area contributed by atoms with Crippen LogP contribution in [-0.2, 0) is 0 Å². The van der Waals surface area contributed by atoms with E-state index < -0.39 is 0 Å². The van der Waals surface area contributed by atoms with Crippen molar-refractivity contribution in [2.75, 3.05) is 10.6 Å². The van der Waals surface area contributed by atoms with Crippen LogP contribution in [-0.4, -0.2) is 10.1 Å². The Balaban J connectivity index is 1.97. The topological polar surface area (TPSA) is 37.0 Å². The van der Waals surface area contributed by atoms with E-state index in [9.17, 15) is 0 Å². The van der Waals surface area contributed by atoms with Gasteiger partial charge in [0.15, 0.2) is 5.11 Å². The fourth-order valence-corrected chi connectivity index (χ4v) is 2.07. The monoisotopic (exact) mass is 285 g/mol. The summed E-state index contributed by atoms with van der Waals surface area (Å²) in [4.78, 5) is 4.35. The number of aryl methyl sites for hydroxylation is 1. The van der Waals surface area contributed by atoms with Gasteiger partial charge in [-0.1, -0.05) is 32.0 Å². The molecule has 0 amide bonds. The smallest absolute Gasteiger partial charge is 0.176 e. The highest BCUT2D eigenvalue weighted by Gasteiger charge is 2.02. The number of hydrogen-bond acceptors (Lipinski definition) is 2. The summed E-state index contributed by atoms with van der Waals surface area (Å²) in [6.45, 7) is 6.31. The molecule has 2 N–H and O–H groups in total. The molecule has 1 aromatic heterocycles. The maximum absolute atomic E-state index is 5.28. The molecule has 2 aromatic rings. The maximum atomic E-state index is 5.28. The number of nitrogens with one attached hydrogen (secondary N) is 2. The van der Waals surface area contributed by atoms with Crippen LogP contribution in [0.25, 0.3) is 0 Å². The third-order valence-electron chi connectivity index (χ3n) is 2.97. The predicted molar refractivity (Wildman–Crippen MR) is 89.3 cm³/mol. The van der Waals surface area contributed by atoms with E-state index in [0.29, 0.717) is 11.0 Å².